The standard InChI is InChI=1S/C24H22F4O2/c1-23(2,18-11-13-19(14-12-18)24(26,27)28)16-29-15-17-7-6-10-21(22(17)25)30-20-8-4-3-5-9-20/h3-14H,15-16H2,1-2H3. The van der Waals surface area contributed by atoms with Crippen LogP contribution in [-0.4, -0.2) is 6.61 Å². The van der Waals surface area contributed by atoms with Gasteiger partial charge in [-0.2, -0.15) is 13.2 Å². The smallest absolute Gasteiger partial charge is 0.416 e. The largest absolute Gasteiger partial charge is 0.454 e. The molecule has 0 aromatic heterocycles. The van der Waals surface area contributed by atoms with Crippen molar-refractivity contribution in [1.29, 1.82) is 0 Å². The number of halogens is 4. The van der Waals surface area contributed by atoms with Crippen LogP contribution in [0.3, 0.4) is 0 Å². The van der Waals surface area contributed by atoms with E-state index in [4.69, 9.17) is 9.47 Å². The third-order valence-electron chi connectivity index (χ3n) is 4.73. The third-order valence-corrected chi connectivity index (χ3v) is 4.73. The lowest BCUT2D eigenvalue weighted by Gasteiger charge is -2.25. The number of benzene rings is 3. The van der Waals surface area contributed by atoms with Gasteiger partial charge in [-0.15, -0.1) is 0 Å². The molecule has 2 nitrogen and oxygen atoms in total. The predicted molar refractivity (Wildman–Crippen MR) is 107 cm³/mol. The first-order valence-corrected chi connectivity index (χ1v) is 9.42. The topological polar surface area (TPSA) is 18.5 Å². The highest BCUT2D eigenvalue weighted by atomic mass is 19.4. The molecule has 0 heterocycles. The van der Waals surface area contributed by atoms with Crippen molar-refractivity contribution in [3.8, 4) is 11.5 Å². The van der Waals surface area contributed by atoms with E-state index in [2.05, 4.69) is 0 Å². The number of para-hydroxylation sites is 1. The van der Waals surface area contributed by atoms with Gasteiger partial charge in [-0.05, 0) is 35.9 Å². The second-order valence-electron chi connectivity index (χ2n) is 7.60. The van der Waals surface area contributed by atoms with Gasteiger partial charge in [0, 0.05) is 11.0 Å². The number of hydrogen-bond acceptors (Lipinski definition) is 2. The summed E-state index contributed by atoms with van der Waals surface area (Å²) in [4.78, 5) is 0. The van der Waals surface area contributed by atoms with Gasteiger partial charge in [0.25, 0.3) is 0 Å². The number of alkyl halides is 3. The molecule has 0 spiro atoms. The van der Waals surface area contributed by atoms with Crippen LogP contribution in [0.1, 0.15) is 30.5 Å². The number of ether oxygens (including phenoxy) is 2. The Morgan fingerprint density at radius 3 is 2.03 bits per heavy atom. The quantitative estimate of drug-likeness (QED) is 0.380. The average Bonchev–Trinajstić information content (AvgIpc) is 2.71. The van der Waals surface area contributed by atoms with Gasteiger partial charge in [0.15, 0.2) is 11.6 Å². The summed E-state index contributed by atoms with van der Waals surface area (Å²) in [5.41, 5.74) is -0.192. The molecule has 0 saturated carbocycles. The Morgan fingerprint density at radius 2 is 1.40 bits per heavy atom. The highest BCUT2D eigenvalue weighted by Gasteiger charge is 2.31. The molecule has 0 unspecified atom stereocenters. The highest BCUT2D eigenvalue weighted by molar-refractivity contribution is 5.35. The molecule has 0 fully saturated rings. The number of hydrogen-bond donors (Lipinski definition) is 0. The summed E-state index contributed by atoms with van der Waals surface area (Å²) in [5.74, 6) is 0.121. The molecule has 3 aromatic rings. The predicted octanol–water partition coefficient (Wildman–Crippen LogP) is 7.13. The van der Waals surface area contributed by atoms with Crippen LogP contribution < -0.4 is 4.74 Å². The molecule has 0 radical (unpaired) electrons. The van der Waals surface area contributed by atoms with E-state index in [9.17, 15) is 17.6 Å². The minimum absolute atomic E-state index is 0.0158. The molecule has 0 N–H and O–H groups in total. The van der Waals surface area contributed by atoms with Crippen LogP contribution in [0.5, 0.6) is 11.5 Å². The average molecular weight is 418 g/mol. The molecular weight excluding hydrogens is 396 g/mol. The molecule has 0 aliphatic carbocycles. The summed E-state index contributed by atoms with van der Waals surface area (Å²) >= 11 is 0. The van der Waals surface area contributed by atoms with Crippen molar-refractivity contribution in [2.75, 3.05) is 6.61 Å². The second kappa shape index (κ2) is 8.88. The van der Waals surface area contributed by atoms with Gasteiger partial charge in [0.05, 0.1) is 18.8 Å². The van der Waals surface area contributed by atoms with E-state index in [1.54, 1.807) is 36.4 Å². The zero-order valence-electron chi connectivity index (χ0n) is 16.7. The lowest BCUT2D eigenvalue weighted by Crippen LogP contribution is -2.24. The maximum Gasteiger partial charge on any atom is 0.416 e. The lowest BCUT2D eigenvalue weighted by molar-refractivity contribution is -0.137. The van der Waals surface area contributed by atoms with Crippen LogP contribution >= 0.6 is 0 Å². The van der Waals surface area contributed by atoms with E-state index in [0.717, 1.165) is 12.1 Å². The second-order valence-corrected chi connectivity index (χ2v) is 7.60. The zero-order valence-corrected chi connectivity index (χ0v) is 16.7. The van der Waals surface area contributed by atoms with Gasteiger partial charge >= 0.3 is 6.18 Å². The molecule has 0 bridgehead atoms. The van der Waals surface area contributed by atoms with Gasteiger partial charge in [-0.3, -0.25) is 0 Å². The van der Waals surface area contributed by atoms with Crippen molar-refractivity contribution in [3.63, 3.8) is 0 Å². The van der Waals surface area contributed by atoms with Crippen molar-refractivity contribution in [2.24, 2.45) is 0 Å². The van der Waals surface area contributed by atoms with E-state index in [1.807, 2.05) is 19.9 Å². The SMILES string of the molecule is CC(C)(COCc1cccc(Oc2ccccc2)c1F)c1ccc(C(F)(F)F)cc1. The van der Waals surface area contributed by atoms with E-state index < -0.39 is 23.0 Å². The van der Waals surface area contributed by atoms with E-state index in [0.29, 0.717) is 16.9 Å². The van der Waals surface area contributed by atoms with Crippen molar-refractivity contribution < 1.29 is 27.0 Å². The maximum absolute atomic E-state index is 14.7. The van der Waals surface area contributed by atoms with Crippen LogP contribution in [0.4, 0.5) is 17.6 Å². The van der Waals surface area contributed by atoms with Crippen LogP contribution in [0.25, 0.3) is 0 Å². The summed E-state index contributed by atoms with van der Waals surface area (Å²) in [7, 11) is 0. The normalized spacial score (nSPS) is 12.1. The summed E-state index contributed by atoms with van der Waals surface area (Å²) < 4.78 is 64.3. The van der Waals surface area contributed by atoms with E-state index >= 15 is 0 Å². The Kier molecular flexibility index (Phi) is 6.46. The Hall–Kier alpha value is -2.86. The van der Waals surface area contributed by atoms with Crippen LogP contribution in [0.15, 0.2) is 72.8 Å². The molecule has 6 heteroatoms. The third kappa shape index (κ3) is 5.39. The van der Waals surface area contributed by atoms with Crippen LogP contribution in [-0.2, 0) is 22.9 Å². The lowest BCUT2D eigenvalue weighted by atomic mass is 9.85. The van der Waals surface area contributed by atoms with Gasteiger partial charge in [0.2, 0.25) is 0 Å². The molecule has 0 atom stereocenters. The molecule has 0 aliphatic rings. The minimum Gasteiger partial charge on any atom is -0.454 e. The first-order chi connectivity index (χ1) is 14.2. The fraction of sp³-hybridized carbons (Fsp3) is 0.250. The Morgan fingerprint density at radius 1 is 0.767 bits per heavy atom. The first kappa shape index (κ1) is 21.8. The van der Waals surface area contributed by atoms with E-state index in [1.165, 1.54) is 18.2 Å². The van der Waals surface area contributed by atoms with Gasteiger partial charge in [-0.25, -0.2) is 4.39 Å². The van der Waals surface area contributed by atoms with Crippen molar-refractivity contribution in [3.05, 3.63) is 95.3 Å². The fourth-order valence-electron chi connectivity index (χ4n) is 2.97. The molecule has 3 rings (SSSR count). The van der Waals surface area contributed by atoms with Crippen molar-refractivity contribution in [1.82, 2.24) is 0 Å². The summed E-state index contributed by atoms with van der Waals surface area (Å²) in [6.45, 7) is 3.95. The minimum atomic E-state index is -4.37. The van der Waals surface area contributed by atoms with Gasteiger partial charge in [-0.1, -0.05) is 56.3 Å². The highest BCUT2D eigenvalue weighted by Crippen LogP contribution is 2.32. The summed E-state index contributed by atoms with van der Waals surface area (Å²) in [6, 6.07) is 18.7. The van der Waals surface area contributed by atoms with Crippen molar-refractivity contribution >= 4 is 0 Å². The molecule has 0 aliphatic heterocycles. The molecule has 0 saturated heterocycles. The summed E-state index contributed by atoms with van der Waals surface area (Å²) in [6.07, 6.45) is -4.37. The molecule has 0 amide bonds. The monoisotopic (exact) mass is 418 g/mol. The van der Waals surface area contributed by atoms with Crippen LogP contribution in [0, 0.1) is 5.82 Å². The summed E-state index contributed by atoms with van der Waals surface area (Å²) in [5, 5.41) is 0. The number of rotatable bonds is 7. The van der Waals surface area contributed by atoms with Crippen molar-refractivity contribution in [2.45, 2.75) is 32.0 Å². The van der Waals surface area contributed by atoms with Crippen LogP contribution in [0.2, 0.25) is 0 Å². The first-order valence-electron chi connectivity index (χ1n) is 9.42. The molecule has 158 valence electrons. The Bertz CT molecular complexity index is 965. The maximum atomic E-state index is 14.7. The Balaban J connectivity index is 1.63. The molecule has 30 heavy (non-hydrogen) atoms. The Labute approximate surface area is 173 Å². The van der Waals surface area contributed by atoms with Gasteiger partial charge in [0.1, 0.15) is 5.75 Å². The van der Waals surface area contributed by atoms with Gasteiger partial charge < -0.3 is 9.47 Å². The van der Waals surface area contributed by atoms with E-state index in [-0.39, 0.29) is 19.0 Å². The zero-order chi connectivity index (χ0) is 21.8. The molecular formula is C24H22F4O2. The fourth-order valence-corrected chi connectivity index (χ4v) is 2.97. The molecule has 3 aromatic carbocycles.